The minimum atomic E-state index is -0.325. The van der Waals surface area contributed by atoms with Gasteiger partial charge < -0.3 is 10.8 Å². The van der Waals surface area contributed by atoms with Gasteiger partial charge in [0, 0.05) is 11.3 Å². The molecule has 12 heavy (non-hydrogen) atoms. The topological polar surface area (TPSA) is 59.1 Å². The van der Waals surface area contributed by atoms with Crippen LogP contribution in [0.25, 0.3) is 0 Å². The molecular weight excluding hydrogens is 172 g/mol. The molecule has 1 aromatic heterocycles. The zero-order valence-electron chi connectivity index (χ0n) is 7.32. The Morgan fingerprint density at radius 2 is 2.33 bits per heavy atom. The predicted octanol–water partition coefficient (Wildman–Crippen LogP) is 1.26. The molecule has 0 saturated carbocycles. The van der Waals surface area contributed by atoms with Crippen LogP contribution >= 0.6 is 11.3 Å². The van der Waals surface area contributed by atoms with Crippen molar-refractivity contribution in [2.24, 2.45) is 5.73 Å². The summed E-state index contributed by atoms with van der Waals surface area (Å²) in [6, 6.07) is -0.325. The number of nitrogens with zero attached hydrogens (tertiary/aromatic N) is 1. The van der Waals surface area contributed by atoms with Crippen molar-refractivity contribution in [3.63, 3.8) is 0 Å². The zero-order chi connectivity index (χ0) is 9.14. The Bertz CT molecular complexity index is 247. The van der Waals surface area contributed by atoms with E-state index in [4.69, 9.17) is 10.8 Å². The predicted molar refractivity (Wildman–Crippen MR) is 50.2 cm³/mol. The Kier molecular flexibility index (Phi) is 3.20. The van der Waals surface area contributed by atoms with Crippen LogP contribution in [0, 0.1) is 0 Å². The molecule has 68 valence electrons. The van der Waals surface area contributed by atoms with Crippen LogP contribution in [-0.2, 0) is 0 Å². The highest BCUT2D eigenvalue weighted by Gasteiger charge is 2.10. The van der Waals surface area contributed by atoms with Crippen molar-refractivity contribution in [2.75, 3.05) is 6.61 Å². The van der Waals surface area contributed by atoms with Gasteiger partial charge in [0.05, 0.1) is 23.4 Å². The summed E-state index contributed by atoms with van der Waals surface area (Å²) < 4.78 is 0. The third-order valence-electron chi connectivity index (χ3n) is 1.61. The summed E-state index contributed by atoms with van der Waals surface area (Å²) in [6.07, 6.45) is 0. The van der Waals surface area contributed by atoms with Crippen LogP contribution in [0.15, 0.2) is 5.38 Å². The van der Waals surface area contributed by atoms with Gasteiger partial charge in [-0.2, -0.15) is 0 Å². The average molecular weight is 186 g/mol. The van der Waals surface area contributed by atoms with Crippen LogP contribution in [0.2, 0.25) is 0 Å². The van der Waals surface area contributed by atoms with Gasteiger partial charge in [-0.1, -0.05) is 13.8 Å². The molecule has 0 unspecified atom stereocenters. The molecule has 0 aliphatic heterocycles. The van der Waals surface area contributed by atoms with Gasteiger partial charge in [-0.15, -0.1) is 11.3 Å². The molecule has 0 amide bonds. The van der Waals surface area contributed by atoms with E-state index >= 15 is 0 Å². The summed E-state index contributed by atoms with van der Waals surface area (Å²) in [4.78, 5) is 4.31. The maximum Gasteiger partial charge on any atom is 0.0954 e. The lowest BCUT2D eigenvalue weighted by Gasteiger charge is -2.02. The second kappa shape index (κ2) is 3.98. The molecule has 0 aromatic carbocycles. The first-order valence-electron chi connectivity index (χ1n) is 3.97. The lowest BCUT2D eigenvalue weighted by Crippen LogP contribution is -2.14. The van der Waals surface area contributed by atoms with E-state index < -0.39 is 0 Å². The molecule has 3 N–H and O–H groups in total. The molecule has 4 heteroatoms. The van der Waals surface area contributed by atoms with Gasteiger partial charge in [0.1, 0.15) is 0 Å². The normalized spacial score (nSPS) is 13.8. The molecule has 1 aromatic rings. The summed E-state index contributed by atoms with van der Waals surface area (Å²) in [7, 11) is 0. The van der Waals surface area contributed by atoms with Crippen LogP contribution in [-0.4, -0.2) is 16.7 Å². The van der Waals surface area contributed by atoms with E-state index in [0.717, 1.165) is 10.7 Å². The smallest absolute Gasteiger partial charge is 0.0954 e. The Balaban J connectivity index is 2.77. The van der Waals surface area contributed by atoms with Crippen molar-refractivity contribution >= 4 is 11.3 Å². The van der Waals surface area contributed by atoms with Gasteiger partial charge >= 0.3 is 0 Å². The van der Waals surface area contributed by atoms with Crippen LogP contribution in [0.4, 0.5) is 0 Å². The molecule has 0 fully saturated rings. The lowest BCUT2D eigenvalue weighted by molar-refractivity contribution is 0.266. The van der Waals surface area contributed by atoms with Crippen LogP contribution in [0.1, 0.15) is 36.5 Å². The van der Waals surface area contributed by atoms with Crippen molar-refractivity contribution in [3.05, 3.63) is 16.1 Å². The highest BCUT2D eigenvalue weighted by molar-refractivity contribution is 7.09. The second-order valence-electron chi connectivity index (χ2n) is 3.05. The molecule has 0 aliphatic carbocycles. The Hall–Kier alpha value is -0.450. The molecule has 1 rings (SSSR count). The van der Waals surface area contributed by atoms with Gasteiger partial charge in [-0.05, 0) is 0 Å². The molecule has 1 heterocycles. The fourth-order valence-corrected chi connectivity index (χ4v) is 1.73. The molecule has 0 radical (unpaired) electrons. The second-order valence-corrected chi connectivity index (χ2v) is 3.94. The Morgan fingerprint density at radius 3 is 2.75 bits per heavy atom. The SMILES string of the molecule is CC(C)c1nc([C@H](N)CO)cs1. The average Bonchev–Trinajstić information content (AvgIpc) is 2.51. The highest BCUT2D eigenvalue weighted by Crippen LogP contribution is 2.21. The minimum absolute atomic E-state index is 0.0404. The monoisotopic (exact) mass is 186 g/mol. The van der Waals surface area contributed by atoms with Gasteiger partial charge in [0.25, 0.3) is 0 Å². The fourth-order valence-electron chi connectivity index (χ4n) is 0.830. The largest absolute Gasteiger partial charge is 0.394 e. The maximum atomic E-state index is 8.78. The fraction of sp³-hybridized carbons (Fsp3) is 0.625. The first-order valence-corrected chi connectivity index (χ1v) is 4.85. The van der Waals surface area contributed by atoms with Crippen molar-refractivity contribution in [1.29, 1.82) is 0 Å². The highest BCUT2D eigenvalue weighted by atomic mass is 32.1. The minimum Gasteiger partial charge on any atom is -0.394 e. The van der Waals surface area contributed by atoms with Crippen molar-refractivity contribution in [2.45, 2.75) is 25.8 Å². The maximum absolute atomic E-state index is 8.78. The van der Waals surface area contributed by atoms with Gasteiger partial charge in [-0.25, -0.2) is 4.98 Å². The number of hydrogen-bond acceptors (Lipinski definition) is 4. The van der Waals surface area contributed by atoms with Gasteiger partial charge in [0.15, 0.2) is 0 Å². The molecule has 0 bridgehead atoms. The summed E-state index contributed by atoms with van der Waals surface area (Å²) in [5.74, 6) is 0.439. The van der Waals surface area contributed by atoms with E-state index in [1.165, 1.54) is 0 Å². The van der Waals surface area contributed by atoms with E-state index in [0.29, 0.717) is 5.92 Å². The van der Waals surface area contributed by atoms with E-state index in [1.54, 1.807) is 11.3 Å². The molecule has 3 nitrogen and oxygen atoms in total. The molecule has 0 saturated heterocycles. The van der Waals surface area contributed by atoms with Crippen LogP contribution in [0.3, 0.4) is 0 Å². The third kappa shape index (κ3) is 2.03. The molecular formula is C8H14N2OS. The third-order valence-corrected chi connectivity index (χ3v) is 2.77. The van der Waals surface area contributed by atoms with E-state index in [2.05, 4.69) is 18.8 Å². The van der Waals surface area contributed by atoms with E-state index in [1.807, 2.05) is 5.38 Å². The van der Waals surface area contributed by atoms with Crippen LogP contribution < -0.4 is 5.73 Å². The molecule has 1 atom stereocenters. The summed E-state index contributed by atoms with van der Waals surface area (Å²) in [5, 5.41) is 11.8. The first-order chi connectivity index (χ1) is 5.65. The van der Waals surface area contributed by atoms with Crippen molar-refractivity contribution < 1.29 is 5.11 Å². The van der Waals surface area contributed by atoms with Crippen molar-refractivity contribution in [1.82, 2.24) is 4.98 Å². The quantitative estimate of drug-likeness (QED) is 0.747. The zero-order valence-corrected chi connectivity index (χ0v) is 8.14. The number of aliphatic hydroxyl groups is 1. The number of nitrogens with two attached hydrogens (primary N) is 1. The van der Waals surface area contributed by atoms with Crippen LogP contribution in [0.5, 0.6) is 0 Å². The van der Waals surface area contributed by atoms with E-state index in [9.17, 15) is 0 Å². The first kappa shape index (κ1) is 9.64. The molecule has 0 spiro atoms. The lowest BCUT2D eigenvalue weighted by atomic mass is 10.2. The van der Waals surface area contributed by atoms with Gasteiger partial charge in [0.2, 0.25) is 0 Å². The Morgan fingerprint density at radius 1 is 1.67 bits per heavy atom. The number of hydrogen-bond donors (Lipinski definition) is 2. The Labute approximate surface area is 76.3 Å². The number of thiazole rings is 1. The number of rotatable bonds is 3. The standard InChI is InChI=1S/C8H14N2OS/c1-5(2)8-10-7(4-12-8)6(9)3-11/h4-6,11H,3,9H2,1-2H3/t6-/m1/s1. The van der Waals surface area contributed by atoms with Gasteiger partial charge in [-0.3, -0.25) is 0 Å². The number of aromatic nitrogens is 1. The molecule has 0 aliphatic rings. The summed E-state index contributed by atoms with van der Waals surface area (Å²) in [6.45, 7) is 4.14. The summed E-state index contributed by atoms with van der Waals surface area (Å²) in [5.41, 5.74) is 6.40. The summed E-state index contributed by atoms with van der Waals surface area (Å²) >= 11 is 1.60. The van der Waals surface area contributed by atoms with E-state index in [-0.39, 0.29) is 12.6 Å². The number of aliphatic hydroxyl groups excluding tert-OH is 1. The van der Waals surface area contributed by atoms with Crippen molar-refractivity contribution in [3.8, 4) is 0 Å².